The van der Waals surface area contributed by atoms with Gasteiger partial charge in [0, 0.05) is 31.4 Å². The van der Waals surface area contributed by atoms with Gasteiger partial charge in [0.1, 0.15) is 0 Å². The van der Waals surface area contributed by atoms with Crippen molar-refractivity contribution in [3.63, 3.8) is 0 Å². The van der Waals surface area contributed by atoms with Crippen LogP contribution < -0.4 is 5.32 Å². The zero-order valence-corrected chi connectivity index (χ0v) is 12.9. The molecule has 1 atom stereocenters. The van der Waals surface area contributed by atoms with Crippen molar-refractivity contribution in [1.82, 2.24) is 4.90 Å². The van der Waals surface area contributed by atoms with E-state index in [9.17, 15) is 18.0 Å². The van der Waals surface area contributed by atoms with E-state index in [0.717, 1.165) is 6.07 Å². The lowest BCUT2D eigenvalue weighted by Crippen LogP contribution is -2.38. The topological polar surface area (TPSA) is 32.3 Å². The number of carbonyl (C=O) groups is 1. The van der Waals surface area contributed by atoms with Crippen LogP contribution in [-0.2, 0) is 6.18 Å². The van der Waals surface area contributed by atoms with Crippen molar-refractivity contribution in [2.24, 2.45) is 5.92 Å². The van der Waals surface area contributed by atoms with Crippen molar-refractivity contribution in [2.75, 3.05) is 19.4 Å². The number of anilines is 1. The van der Waals surface area contributed by atoms with Gasteiger partial charge in [-0.05, 0) is 31.0 Å². The summed E-state index contributed by atoms with van der Waals surface area (Å²) in [6.45, 7) is 5.79. The van der Waals surface area contributed by atoms with Gasteiger partial charge in [-0.1, -0.05) is 13.8 Å². The monoisotopic (exact) mass is 302 g/mol. The Labute approximate surface area is 123 Å². The second-order valence-electron chi connectivity index (χ2n) is 5.41. The van der Waals surface area contributed by atoms with Crippen LogP contribution in [0.25, 0.3) is 0 Å². The van der Waals surface area contributed by atoms with Crippen molar-refractivity contribution in [1.29, 1.82) is 0 Å². The van der Waals surface area contributed by atoms with Gasteiger partial charge in [0.25, 0.3) is 5.91 Å². The van der Waals surface area contributed by atoms with E-state index in [2.05, 4.69) is 5.32 Å². The highest BCUT2D eigenvalue weighted by molar-refractivity contribution is 5.95. The Hall–Kier alpha value is -1.72. The van der Waals surface area contributed by atoms with Gasteiger partial charge in [-0.15, -0.1) is 0 Å². The third-order valence-corrected chi connectivity index (χ3v) is 3.74. The highest BCUT2D eigenvalue weighted by atomic mass is 19.4. The number of nitrogens with one attached hydrogen (secondary N) is 1. The first kappa shape index (κ1) is 17.3. The standard InChI is InChI=1S/C15H21F3N2O/c1-9(2)10(3)20(5)14(21)11-6-7-13(19-4)12(8-11)15(16,17)18/h6-10,19H,1-5H3. The van der Waals surface area contributed by atoms with Gasteiger partial charge >= 0.3 is 6.18 Å². The van der Waals surface area contributed by atoms with Gasteiger partial charge in [-0.25, -0.2) is 0 Å². The molecule has 0 aromatic heterocycles. The summed E-state index contributed by atoms with van der Waals surface area (Å²) in [5.41, 5.74) is -0.837. The molecule has 0 spiro atoms. The number of benzene rings is 1. The highest BCUT2D eigenvalue weighted by Gasteiger charge is 2.34. The average molecular weight is 302 g/mol. The summed E-state index contributed by atoms with van der Waals surface area (Å²) >= 11 is 0. The molecule has 0 bridgehead atoms. The molecule has 3 nitrogen and oxygen atoms in total. The van der Waals surface area contributed by atoms with Crippen LogP contribution in [0.5, 0.6) is 0 Å². The lowest BCUT2D eigenvalue weighted by atomic mass is 10.0. The van der Waals surface area contributed by atoms with Crippen LogP contribution in [0.4, 0.5) is 18.9 Å². The third-order valence-electron chi connectivity index (χ3n) is 3.74. The van der Waals surface area contributed by atoms with Crippen molar-refractivity contribution < 1.29 is 18.0 Å². The normalized spacial score (nSPS) is 13.2. The molecule has 0 radical (unpaired) electrons. The molecule has 118 valence electrons. The van der Waals surface area contributed by atoms with Crippen LogP contribution in [0.3, 0.4) is 0 Å². The number of alkyl halides is 3. The number of nitrogens with zero attached hydrogens (tertiary/aromatic N) is 1. The predicted octanol–water partition coefficient (Wildman–Crippen LogP) is 3.86. The minimum absolute atomic E-state index is 0.0383. The largest absolute Gasteiger partial charge is 0.418 e. The van der Waals surface area contributed by atoms with Gasteiger partial charge in [-0.3, -0.25) is 4.79 Å². The number of hydrogen-bond acceptors (Lipinski definition) is 2. The van der Waals surface area contributed by atoms with E-state index in [1.165, 1.54) is 24.1 Å². The van der Waals surface area contributed by atoms with Crippen LogP contribution in [0.1, 0.15) is 36.7 Å². The molecule has 1 aromatic carbocycles. The Morgan fingerprint density at radius 2 is 1.81 bits per heavy atom. The van der Waals surface area contributed by atoms with Crippen LogP contribution in [0.15, 0.2) is 18.2 Å². The number of hydrogen-bond donors (Lipinski definition) is 1. The molecule has 0 saturated heterocycles. The van der Waals surface area contributed by atoms with Crippen LogP contribution in [0.2, 0.25) is 0 Å². The van der Waals surface area contributed by atoms with Crippen molar-refractivity contribution >= 4 is 11.6 Å². The molecule has 0 aliphatic heterocycles. The summed E-state index contributed by atoms with van der Waals surface area (Å²) in [4.78, 5) is 13.8. The number of rotatable bonds is 4. The number of amides is 1. The fourth-order valence-corrected chi connectivity index (χ4v) is 1.97. The maximum absolute atomic E-state index is 13.0. The molecule has 0 aliphatic rings. The fraction of sp³-hybridized carbons (Fsp3) is 0.533. The molecule has 0 heterocycles. The van der Waals surface area contributed by atoms with E-state index >= 15 is 0 Å². The van der Waals surface area contributed by atoms with E-state index < -0.39 is 17.6 Å². The van der Waals surface area contributed by atoms with Crippen LogP contribution in [-0.4, -0.2) is 30.9 Å². The molecule has 0 saturated carbocycles. The van der Waals surface area contributed by atoms with Gasteiger partial charge in [0.15, 0.2) is 0 Å². The molecule has 0 fully saturated rings. The minimum atomic E-state index is -4.50. The molecule has 1 rings (SSSR count). The minimum Gasteiger partial charge on any atom is -0.388 e. The van der Waals surface area contributed by atoms with E-state index in [4.69, 9.17) is 0 Å². The highest BCUT2D eigenvalue weighted by Crippen LogP contribution is 2.35. The molecule has 1 aromatic rings. The lowest BCUT2D eigenvalue weighted by molar-refractivity contribution is -0.136. The van der Waals surface area contributed by atoms with Crippen molar-refractivity contribution in [3.05, 3.63) is 29.3 Å². The Bertz CT molecular complexity index is 512. The first-order valence-electron chi connectivity index (χ1n) is 6.75. The Balaban J connectivity index is 3.18. The first-order valence-corrected chi connectivity index (χ1v) is 6.75. The molecule has 1 N–H and O–H groups in total. The van der Waals surface area contributed by atoms with Gasteiger partial charge < -0.3 is 10.2 Å². The molecule has 0 aliphatic carbocycles. The fourth-order valence-electron chi connectivity index (χ4n) is 1.97. The summed E-state index contributed by atoms with van der Waals surface area (Å²) in [5, 5.41) is 2.49. The van der Waals surface area contributed by atoms with E-state index in [-0.39, 0.29) is 23.2 Å². The molecule has 21 heavy (non-hydrogen) atoms. The van der Waals surface area contributed by atoms with Crippen molar-refractivity contribution in [3.8, 4) is 0 Å². The number of halogens is 3. The Kier molecular flexibility index (Phi) is 5.25. The first-order chi connectivity index (χ1) is 9.59. The zero-order valence-electron chi connectivity index (χ0n) is 12.9. The lowest BCUT2D eigenvalue weighted by Gasteiger charge is -2.28. The molecule has 1 unspecified atom stereocenters. The predicted molar refractivity (Wildman–Crippen MR) is 77.4 cm³/mol. The Morgan fingerprint density at radius 1 is 1.24 bits per heavy atom. The van der Waals surface area contributed by atoms with Crippen LogP contribution >= 0.6 is 0 Å². The second-order valence-corrected chi connectivity index (χ2v) is 5.41. The van der Waals surface area contributed by atoms with E-state index in [1.807, 2.05) is 20.8 Å². The molecular formula is C15H21F3N2O. The molecular weight excluding hydrogens is 281 g/mol. The van der Waals surface area contributed by atoms with E-state index in [1.54, 1.807) is 7.05 Å². The van der Waals surface area contributed by atoms with Gasteiger partial charge in [0.2, 0.25) is 0 Å². The average Bonchev–Trinajstić information content (AvgIpc) is 2.43. The second kappa shape index (κ2) is 6.37. The maximum atomic E-state index is 13.0. The van der Waals surface area contributed by atoms with Gasteiger partial charge in [-0.2, -0.15) is 13.2 Å². The quantitative estimate of drug-likeness (QED) is 0.916. The summed E-state index contributed by atoms with van der Waals surface area (Å²) in [6, 6.07) is 3.53. The van der Waals surface area contributed by atoms with Gasteiger partial charge in [0.05, 0.1) is 5.56 Å². The smallest absolute Gasteiger partial charge is 0.388 e. The third kappa shape index (κ3) is 3.89. The summed E-state index contributed by atoms with van der Waals surface area (Å²) < 4.78 is 39.0. The SMILES string of the molecule is CNc1ccc(C(=O)N(C)C(C)C(C)C)cc1C(F)(F)F. The summed E-state index contributed by atoms with van der Waals surface area (Å²) in [6.07, 6.45) is -4.50. The molecule has 1 amide bonds. The summed E-state index contributed by atoms with van der Waals surface area (Å²) in [5.74, 6) is -0.193. The zero-order chi connectivity index (χ0) is 16.4. The van der Waals surface area contributed by atoms with E-state index in [0.29, 0.717) is 0 Å². The number of carbonyl (C=O) groups excluding carboxylic acids is 1. The van der Waals surface area contributed by atoms with Crippen LogP contribution in [0, 0.1) is 5.92 Å². The maximum Gasteiger partial charge on any atom is 0.418 e. The van der Waals surface area contributed by atoms with Crippen molar-refractivity contribution in [2.45, 2.75) is 33.0 Å². The Morgan fingerprint density at radius 3 is 2.24 bits per heavy atom. The summed E-state index contributed by atoms with van der Waals surface area (Å²) in [7, 11) is 3.02. The molecule has 6 heteroatoms.